The maximum atomic E-state index is 11.9. The molecule has 0 aliphatic carbocycles. The molecule has 0 saturated carbocycles. The molecule has 116 valence electrons. The number of esters is 1. The molecule has 0 bridgehead atoms. The van der Waals surface area contributed by atoms with Crippen LogP contribution in [0.25, 0.3) is 0 Å². The molecule has 4 nitrogen and oxygen atoms in total. The van der Waals surface area contributed by atoms with E-state index in [9.17, 15) is 9.59 Å². The van der Waals surface area contributed by atoms with E-state index in [1.165, 1.54) is 0 Å². The molecule has 1 aromatic carbocycles. The topological polar surface area (TPSA) is 55.4 Å². The van der Waals surface area contributed by atoms with E-state index in [2.05, 4.69) is 5.32 Å². The van der Waals surface area contributed by atoms with E-state index < -0.39 is 0 Å². The summed E-state index contributed by atoms with van der Waals surface area (Å²) in [5.74, 6) is -0.503. The van der Waals surface area contributed by atoms with Crippen molar-refractivity contribution in [1.29, 1.82) is 0 Å². The van der Waals surface area contributed by atoms with E-state index in [4.69, 9.17) is 4.74 Å². The van der Waals surface area contributed by atoms with Crippen LogP contribution < -0.4 is 5.32 Å². The van der Waals surface area contributed by atoms with Crippen molar-refractivity contribution in [2.24, 2.45) is 5.92 Å². The molecule has 0 radical (unpaired) electrons. The second kappa shape index (κ2) is 7.81. The van der Waals surface area contributed by atoms with Crippen LogP contribution in [-0.2, 0) is 14.3 Å². The van der Waals surface area contributed by atoms with Gasteiger partial charge in [0.05, 0.1) is 18.6 Å². The molecule has 1 unspecified atom stereocenters. The van der Waals surface area contributed by atoms with Gasteiger partial charge < -0.3 is 10.1 Å². The second-order valence-corrected chi connectivity index (χ2v) is 5.87. The Labute approximate surface area is 126 Å². The van der Waals surface area contributed by atoms with E-state index >= 15 is 0 Å². The largest absolute Gasteiger partial charge is 0.463 e. The van der Waals surface area contributed by atoms with E-state index in [0.29, 0.717) is 0 Å². The van der Waals surface area contributed by atoms with Crippen LogP contribution >= 0.6 is 0 Å². The molecule has 1 amide bonds. The third kappa shape index (κ3) is 5.98. The smallest absolute Gasteiger partial charge is 0.308 e. The highest BCUT2D eigenvalue weighted by Gasteiger charge is 2.21. The van der Waals surface area contributed by atoms with Gasteiger partial charge in [-0.3, -0.25) is 9.59 Å². The lowest BCUT2D eigenvalue weighted by atomic mass is 10.0. The highest BCUT2D eigenvalue weighted by Crippen LogP contribution is 2.19. The fraction of sp³-hybridized carbons (Fsp3) is 0.529. The zero-order valence-electron chi connectivity index (χ0n) is 13.5. The minimum Gasteiger partial charge on any atom is -0.463 e. The Morgan fingerprint density at radius 1 is 1.10 bits per heavy atom. The van der Waals surface area contributed by atoms with Crippen molar-refractivity contribution in [1.82, 2.24) is 5.32 Å². The first-order valence-corrected chi connectivity index (χ1v) is 7.36. The first-order valence-electron chi connectivity index (χ1n) is 7.36. The van der Waals surface area contributed by atoms with Gasteiger partial charge in [0.1, 0.15) is 0 Å². The molecule has 0 spiro atoms. The fourth-order valence-electron chi connectivity index (χ4n) is 1.87. The van der Waals surface area contributed by atoms with Gasteiger partial charge in [-0.1, -0.05) is 43.7 Å². The Balaban J connectivity index is 2.86. The monoisotopic (exact) mass is 291 g/mol. The lowest BCUT2D eigenvalue weighted by molar-refractivity contribution is -0.148. The maximum absolute atomic E-state index is 11.9. The first-order chi connectivity index (χ1) is 9.79. The standard InChI is InChI=1S/C17H25NO3/c1-11(2)17(20)18-15(10-16(19)21-12(3)4)14-8-6-13(5)7-9-14/h6-9,11-12,15H,10H2,1-5H3,(H,18,20). The molecule has 4 heteroatoms. The molecule has 0 aliphatic heterocycles. The minimum absolute atomic E-state index is 0.0714. The van der Waals surface area contributed by atoms with Crippen LogP contribution in [0.4, 0.5) is 0 Å². The highest BCUT2D eigenvalue weighted by molar-refractivity contribution is 5.79. The van der Waals surface area contributed by atoms with Crippen molar-refractivity contribution in [3.63, 3.8) is 0 Å². The third-order valence-electron chi connectivity index (χ3n) is 3.06. The summed E-state index contributed by atoms with van der Waals surface area (Å²) in [6, 6.07) is 7.45. The maximum Gasteiger partial charge on any atom is 0.308 e. The summed E-state index contributed by atoms with van der Waals surface area (Å²) in [5.41, 5.74) is 2.05. The van der Waals surface area contributed by atoms with Gasteiger partial charge in [-0.25, -0.2) is 0 Å². The number of amides is 1. The van der Waals surface area contributed by atoms with E-state index in [1.54, 1.807) is 0 Å². The number of rotatable bonds is 6. The van der Waals surface area contributed by atoms with Crippen molar-refractivity contribution in [2.45, 2.75) is 53.2 Å². The molecular weight excluding hydrogens is 266 g/mol. The third-order valence-corrected chi connectivity index (χ3v) is 3.06. The number of nitrogens with one attached hydrogen (secondary N) is 1. The normalized spacial score (nSPS) is 12.3. The zero-order chi connectivity index (χ0) is 16.0. The van der Waals surface area contributed by atoms with Crippen molar-refractivity contribution in [3.8, 4) is 0 Å². The molecular formula is C17H25NO3. The molecule has 0 heterocycles. The molecule has 0 aliphatic rings. The molecule has 21 heavy (non-hydrogen) atoms. The number of carbonyl (C=O) groups is 2. The molecule has 1 N–H and O–H groups in total. The van der Waals surface area contributed by atoms with Crippen molar-refractivity contribution < 1.29 is 14.3 Å². The average molecular weight is 291 g/mol. The quantitative estimate of drug-likeness (QED) is 0.819. The Bertz CT molecular complexity index is 477. The van der Waals surface area contributed by atoms with Crippen LogP contribution in [0.5, 0.6) is 0 Å². The van der Waals surface area contributed by atoms with Crippen LogP contribution in [-0.4, -0.2) is 18.0 Å². The number of hydrogen-bond donors (Lipinski definition) is 1. The Morgan fingerprint density at radius 3 is 2.14 bits per heavy atom. The lowest BCUT2D eigenvalue weighted by Crippen LogP contribution is -2.33. The van der Waals surface area contributed by atoms with Gasteiger partial charge in [-0.2, -0.15) is 0 Å². The van der Waals surface area contributed by atoms with Crippen molar-refractivity contribution >= 4 is 11.9 Å². The fourth-order valence-corrected chi connectivity index (χ4v) is 1.87. The van der Waals surface area contributed by atoms with Crippen LogP contribution in [0.1, 0.15) is 51.3 Å². The minimum atomic E-state index is -0.355. The van der Waals surface area contributed by atoms with Crippen LogP contribution in [0, 0.1) is 12.8 Å². The summed E-state index contributed by atoms with van der Waals surface area (Å²) in [4.78, 5) is 23.8. The van der Waals surface area contributed by atoms with Gasteiger partial charge in [-0.05, 0) is 26.3 Å². The second-order valence-electron chi connectivity index (χ2n) is 5.87. The number of hydrogen-bond acceptors (Lipinski definition) is 3. The van der Waals surface area contributed by atoms with Crippen LogP contribution in [0.2, 0.25) is 0 Å². The molecule has 1 atom stereocenters. The average Bonchev–Trinajstić information content (AvgIpc) is 2.37. The Morgan fingerprint density at radius 2 is 1.67 bits per heavy atom. The summed E-state index contributed by atoms with van der Waals surface area (Å²) in [7, 11) is 0. The lowest BCUT2D eigenvalue weighted by Gasteiger charge is -2.20. The molecule has 1 aromatic rings. The van der Waals surface area contributed by atoms with Gasteiger partial charge in [-0.15, -0.1) is 0 Å². The molecule has 0 fully saturated rings. The van der Waals surface area contributed by atoms with Gasteiger partial charge in [0, 0.05) is 5.92 Å². The Kier molecular flexibility index (Phi) is 6.40. The summed E-state index contributed by atoms with van der Waals surface area (Å²) >= 11 is 0. The predicted octanol–water partition coefficient (Wildman–Crippen LogP) is 3.15. The summed E-state index contributed by atoms with van der Waals surface area (Å²) in [6.07, 6.45) is -0.0170. The van der Waals surface area contributed by atoms with E-state index in [-0.39, 0.29) is 36.4 Å². The molecule has 1 rings (SSSR count). The first kappa shape index (κ1) is 17.2. The van der Waals surface area contributed by atoms with Crippen LogP contribution in [0.3, 0.4) is 0 Å². The van der Waals surface area contributed by atoms with E-state index in [1.807, 2.05) is 58.9 Å². The summed E-state index contributed by atoms with van der Waals surface area (Å²) in [5, 5.41) is 2.92. The van der Waals surface area contributed by atoms with Gasteiger partial charge in [0.2, 0.25) is 5.91 Å². The van der Waals surface area contributed by atoms with Crippen molar-refractivity contribution in [2.75, 3.05) is 0 Å². The van der Waals surface area contributed by atoms with Gasteiger partial charge >= 0.3 is 5.97 Å². The number of benzene rings is 1. The van der Waals surface area contributed by atoms with Crippen molar-refractivity contribution in [3.05, 3.63) is 35.4 Å². The van der Waals surface area contributed by atoms with Gasteiger partial charge in [0.25, 0.3) is 0 Å². The number of carbonyl (C=O) groups excluding carboxylic acids is 2. The molecule has 0 aromatic heterocycles. The number of aryl methyl sites for hydroxylation is 1. The molecule has 0 saturated heterocycles. The Hall–Kier alpha value is -1.84. The summed E-state index contributed by atoms with van der Waals surface area (Å²) in [6.45, 7) is 9.28. The number of ether oxygens (including phenoxy) is 1. The van der Waals surface area contributed by atoms with Crippen LogP contribution in [0.15, 0.2) is 24.3 Å². The van der Waals surface area contributed by atoms with E-state index in [0.717, 1.165) is 11.1 Å². The zero-order valence-corrected chi connectivity index (χ0v) is 13.5. The summed E-state index contributed by atoms with van der Waals surface area (Å²) < 4.78 is 5.18. The highest BCUT2D eigenvalue weighted by atomic mass is 16.5. The van der Waals surface area contributed by atoms with Gasteiger partial charge in [0.15, 0.2) is 0 Å². The predicted molar refractivity (Wildman–Crippen MR) is 82.7 cm³/mol. The SMILES string of the molecule is Cc1ccc(C(CC(=O)OC(C)C)NC(=O)C(C)C)cc1.